The zero-order valence-corrected chi connectivity index (χ0v) is 7.09. The molecule has 74 valence electrons. The first-order chi connectivity index (χ1) is 6.42. The zero-order chi connectivity index (χ0) is 10.8. The van der Waals surface area contributed by atoms with Crippen molar-refractivity contribution in [2.75, 3.05) is 0 Å². The van der Waals surface area contributed by atoms with Crippen LogP contribution in [0.15, 0.2) is 12.3 Å². The van der Waals surface area contributed by atoms with Crippen LogP contribution in [0, 0.1) is 18.3 Å². The van der Waals surface area contributed by atoms with E-state index < -0.39 is 12.2 Å². The average Bonchev–Trinajstić information content (AvgIpc) is 2.06. The number of aryl methyl sites for hydroxylation is 1. The van der Waals surface area contributed by atoms with Gasteiger partial charge in [-0.2, -0.15) is 5.26 Å². The Balaban J connectivity index is 3.05. The maximum absolute atomic E-state index is 11.8. The largest absolute Gasteiger partial charge is 0.574 e. The van der Waals surface area contributed by atoms with Gasteiger partial charge in [0.1, 0.15) is 11.6 Å². The third-order valence-electron chi connectivity index (χ3n) is 1.32. The molecule has 0 aliphatic heterocycles. The van der Waals surface area contributed by atoms with Crippen LogP contribution in [0.2, 0.25) is 0 Å². The molecule has 0 aromatic carbocycles. The van der Waals surface area contributed by atoms with Crippen molar-refractivity contribution in [3.05, 3.63) is 23.4 Å². The Bertz CT molecular complexity index is 381. The van der Waals surface area contributed by atoms with Gasteiger partial charge in [-0.15, -0.1) is 13.2 Å². The molecular weight excluding hydrogens is 197 g/mol. The van der Waals surface area contributed by atoms with Crippen LogP contribution < -0.4 is 4.74 Å². The third kappa shape index (κ3) is 2.62. The van der Waals surface area contributed by atoms with E-state index in [4.69, 9.17) is 5.26 Å². The van der Waals surface area contributed by atoms with E-state index in [2.05, 4.69) is 9.72 Å². The van der Waals surface area contributed by atoms with Gasteiger partial charge in [0.2, 0.25) is 5.88 Å². The van der Waals surface area contributed by atoms with Crippen LogP contribution in [-0.4, -0.2) is 11.3 Å². The fraction of sp³-hybridized carbons (Fsp3) is 0.250. The van der Waals surface area contributed by atoms with E-state index in [1.54, 1.807) is 13.0 Å². The lowest BCUT2D eigenvalue weighted by molar-refractivity contribution is -0.276. The maximum atomic E-state index is 11.8. The average molecular weight is 202 g/mol. The molecule has 0 fully saturated rings. The molecule has 3 nitrogen and oxygen atoms in total. The number of nitriles is 1. The normalized spacial score (nSPS) is 10.8. The van der Waals surface area contributed by atoms with Gasteiger partial charge in [0.25, 0.3) is 0 Å². The van der Waals surface area contributed by atoms with Crippen LogP contribution >= 0.6 is 0 Å². The first-order valence-corrected chi connectivity index (χ1v) is 3.55. The van der Waals surface area contributed by atoms with Crippen molar-refractivity contribution in [1.82, 2.24) is 4.98 Å². The molecule has 1 rings (SSSR count). The van der Waals surface area contributed by atoms with Crippen LogP contribution in [0.3, 0.4) is 0 Å². The van der Waals surface area contributed by atoms with Gasteiger partial charge in [0.05, 0.1) is 0 Å². The van der Waals surface area contributed by atoms with E-state index in [9.17, 15) is 13.2 Å². The number of hydrogen-bond donors (Lipinski definition) is 0. The monoisotopic (exact) mass is 202 g/mol. The number of nitrogens with zero attached hydrogens (tertiary/aromatic N) is 2. The molecule has 0 unspecified atom stereocenters. The van der Waals surface area contributed by atoms with Gasteiger partial charge >= 0.3 is 6.36 Å². The van der Waals surface area contributed by atoms with Crippen molar-refractivity contribution < 1.29 is 17.9 Å². The quantitative estimate of drug-likeness (QED) is 0.700. The Labute approximate surface area is 77.7 Å². The summed E-state index contributed by atoms with van der Waals surface area (Å²) in [5.74, 6) is -0.717. The second-order valence-corrected chi connectivity index (χ2v) is 2.52. The van der Waals surface area contributed by atoms with E-state index in [0.717, 1.165) is 0 Å². The summed E-state index contributed by atoms with van der Waals surface area (Å²) in [6, 6.07) is 2.84. The second-order valence-electron chi connectivity index (χ2n) is 2.52. The van der Waals surface area contributed by atoms with Gasteiger partial charge in [0.15, 0.2) is 0 Å². The van der Waals surface area contributed by atoms with Crippen molar-refractivity contribution in [2.24, 2.45) is 0 Å². The molecule has 0 spiro atoms. The van der Waals surface area contributed by atoms with Crippen molar-refractivity contribution in [1.29, 1.82) is 5.26 Å². The van der Waals surface area contributed by atoms with Gasteiger partial charge in [-0.05, 0) is 18.6 Å². The van der Waals surface area contributed by atoms with Crippen LogP contribution in [0.5, 0.6) is 5.88 Å². The standard InChI is InChI=1S/C8H5F3N2O/c1-5-2-6(3-12)7(13-4-5)14-8(9,10)11/h2,4H,1H3. The fourth-order valence-electron chi connectivity index (χ4n) is 0.828. The fourth-order valence-corrected chi connectivity index (χ4v) is 0.828. The lowest BCUT2D eigenvalue weighted by Crippen LogP contribution is -2.18. The van der Waals surface area contributed by atoms with Gasteiger partial charge in [0, 0.05) is 6.20 Å². The summed E-state index contributed by atoms with van der Waals surface area (Å²) in [4.78, 5) is 3.37. The highest BCUT2D eigenvalue weighted by atomic mass is 19.4. The van der Waals surface area contributed by atoms with E-state index in [-0.39, 0.29) is 5.56 Å². The molecule has 0 N–H and O–H groups in total. The van der Waals surface area contributed by atoms with Gasteiger partial charge < -0.3 is 4.74 Å². The van der Waals surface area contributed by atoms with Gasteiger partial charge in [-0.25, -0.2) is 4.98 Å². The molecule has 0 amide bonds. The number of hydrogen-bond acceptors (Lipinski definition) is 3. The highest BCUT2D eigenvalue weighted by Gasteiger charge is 2.32. The van der Waals surface area contributed by atoms with Crippen molar-refractivity contribution in [3.8, 4) is 11.9 Å². The molecule has 0 saturated carbocycles. The first kappa shape index (κ1) is 10.3. The lowest BCUT2D eigenvalue weighted by Gasteiger charge is -2.08. The Hall–Kier alpha value is -1.77. The molecule has 0 bridgehead atoms. The van der Waals surface area contributed by atoms with Crippen molar-refractivity contribution >= 4 is 0 Å². The highest BCUT2D eigenvalue weighted by Crippen LogP contribution is 2.23. The molecule has 1 aromatic rings. The maximum Gasteiger partial charge on any atom is 0.574 e. The topological polar surface area (TPSA) is 45.9 Å². The first-order valence-electron chi connectivity index (χ1n) is 3.55. The smallest absolute Gasteiger partial charge is 0.386 e. The van der Waals surface area contributed by atoms with Crippen LogP contribution in [0.25, 0.3) is 0 Å². The van der Waals surface area contributed by atoms with Crippen molar-refractivity contribution in [2.45, 2.75) is 13.3 Å². The molecule has 0 aliphatic carbocycles. The summed E-state index contributed by atoms with van der Waals surface area (Å²) in [5.41, 5.74) is 0.360. The molecule has 0 aliphatic rings. The zero-order valence-electron chi connectivity index (χ0n) is 7.09. The van der Waals surface area contributed by atoms with E-state index in [1.165, 1.54) is 12.3 Å². The Morgan fingerprint density at radius 1 is 1.50 bits per heavy atom. The Morgan fingerprint density at radius 2 is 2.14 bits per heavy atom. The van der Waals surface area contributed by atoms with E-state index in [1.807, 2.05) is 0 Å². The molecule has 14 heavy (non-hydrogen) atoms. The second kappa shape index (κ2) is 3.54. The van der Waals surface area contributed by atoms with Crippen LogP contribution in [-0.2, 0) is 0 Å². The lowest BCUT2D eigenvalue weighted by atomic mass is 10.2. The Morgan fingerprint density at radius 3 is 2.64 bits per heavy atom. The number of halogens is 3. The van der Waals surface area contributed by atoms with Gasteiger partial charge in [-0.3, -0.25) is 0 Å². The number of rotatable bonds is 1. The molecule has 0 radical (unpaired) electrons. The number of pyridine rings is 1. The molecule has 6 heteroatoms. The number of ether oxygens (including phenoxy) is 1. The summed E-state index contributed by atoms with van der Waals surface area (Å²) >= 11 is 0. The molecule has 0 saturated heterocycles. The highest BCUT2D eigenvalue weighted by molar-refractivity contribution is 5.39. The summed E-state index contributed by atoms with van der Waals surface area (Å²) in [6.45, 7) is 1.62. The SMILES string of the molecule is Cc1cnc(OC(F)(F)F)c(C#N)c1. The van der Waals surface area contributed by atoms with Crippen LogP contribution in [0.4, 0.5) is 13.2 Å². The van der Waals surface area contributed by atoms with Crippen LogP contribution in [0.1, 0.15) is 11.1 Å². The molecule has 0 atom stereocenters. The summed E-state index contributed by atoms with van der Waals surface area (Å²) in [5, 5.41) is 8.50. The summed E-state index contributed by atoms with van der Waals surface area (Å²) in [7, 11) is 0. The third-order valence-corrected chi connectivity index (χ3v) is 1.32. The predicted octanol–water partition coefficient (Wildman–Crippen LogP) is 2.16. The van der Waals surface area contributed by atoms with Gasteiger partial charge in [-0.1, -0.05) is 0 Å². The minimum absolute atomic E-state index is 0.234. The minimum Gasteiger partial charge on any atom is -0.386 e. The molecule has 1 aromatic heterocycles. The molecular formula is C8H5F3N2O. The predicted molar refractivity (Wildman–Crippen MR) is 40.4 cm³/mol. The van der Waals surface area contributed by atoms with E-state index in [0.29, 0.717) is 5.56 Å². The van der Waals surface area contributed by atoms with E-state index >= 15 is 0 Å². The number of aromatic nitrogens is 1. The minimum atomic E-state index is -4.83. The summed E-state index contributed by atoms with van der Waals surface area (Å²) in [6.07, 6.45) is -3.63. The van der Waals surface area contributed by atoms with Crippen molar-refractivity contribution in [3.63, 3.8) is 0 Å². The Kier molecular flexibility index (Phi) is 2.60. The summed E-state index contributed by atoms with van der Waals surface area (Å²) < 4.78 is 38.9. The molecule has 1 heterocycles. The number of alkyl halides is 3.